The minimum absolute atomic E-state index is 0.0308. The number of carbonyl (C=O) groups excluding carboxylic acids is 1. The van der Waals surface area contributed by atoms with Crippen molar-refractivity contribution < 1.29 is 9.53 Å². The van der Waals surface area contributed by atoms with E-state index in [-0.39, 0.29) is 5.91 Å². The second-order valence-corrected chi connectivity index (χ2v) is 5.09. The summed E-state index contributed by atoms with van der Waals surface area (Å²) in [5, 5.41) is 4.20. The van der Waals surface area contributed by atoms with E-state index in [2.05, 4.69) is 22.6 Å². The summed E-state index contributed by atoms with van der Waals surface area (Å²) in [7, 11) is 1.72. The molecule has 1 aliphatic carbocycles. The molecular weight excluding hydrogens is 240 g/mol. The van der Waals surface area contributed by atoms with Gasteiger partial charge in [0.1, 0.15) is 5.75 Å². The molecule has 4 nitrogen and oxygen atoms in total. The number of H-pyrrole nitrogens is 1. The van der Waals surface area contributed by atoms with Crippen LogP contribution < -0.4 is 10.1 Å². The standard InChI is InChI=1S/C15H18N2O2/c1-9(18)16-7-10-3-4-11-14(19-2)6-5-13-15(11)12(10)8-17-13/h5-6,8,10,17H,3-4,7H2,1-2H3,(H,16,18). The molecule has 0 aliphatic heterocycles. The number of carbonyl (C=O) groups is 1. The average Bonchev–Trinajstić information content (AvgIpc) is 2.84. The van der Waals surface area contributed by atoms with Gasteiger partial charge in [0.05, 0.1) is 7.11 Å². The van der Waals surface area contributed by atoms with E-state index in [1.165, 1.54) is 16.5 Å². The summed E-state index contributed by atoms with van der Waals surface area (Å²) in [6.45, 7) is 2.27. The number of aromatic nitrogens is 1. The summed E-state index contributed by atoms with van der Waals surface area (Å²) in [6.07, 6.45) is 4.11. The van der Waals surface area contributed by atoms with Gasteiger partial charge in [-0.3, -0.25) is 4.79 Å². The largest absolute Gasteiger partial charge is 0.496 e. The average molecular weight is 258 g/mol. The Morgan fingerprint density at radius 2 is 2.37 bits per heavy atom. The quantitative estimate of drug-likeness (QED) is 0.888. The van der Waals surface area contributed by atoms with Gasteiger partial charge in [0, 0.05) is 42.0 Å². The Labute approximate surface area is 112 Å². The van der Waals surface area contributed by atoms with Gasteiger partial charge in [0.25, 0.3) is 0 Å². The summed E-state index contributed by atoms with van der Waals surface area (Å²) in [6, 6.07) is 4.08. The summed E-state index contributed by atoms with van der Waals surface area (Å²) >= 11 is 0. The molecule has 0 fully saturated rings. The summed E-state index contributed by atoms with van der Waals surface area (Å²) in [5.41, 5.74) is 3.73. The van der Waals surface area contributed by atoms with Crippen molar-refractivity contribution in [1.82, 2.24) is 10.3 Å². The molecule has 0 bridgehead atoms. The van der Waals surface area contributed by atoms with Crippen molar-refractivity contribution in [3.8, 4) is 5.75 Å². The Hall–Kier alpha value is -1.97. The molecule has 0 saturated heterocycles. The van der Waals surface area contributed by atoms with Crippen molar-refractivity contribution in [2.75, 3.05) is 13.7 Å². The monoisotopic (exact) mass is 258 g/mol. The first kappa shape index (κ1) is 12.1. The number of aromatic amines is 1. The highest BCUT2D eigenvalue weighted by Crippen LogP contribution is 2.40. The number of ether oxygens (including phenoxy) is 1. The third-order valence-electron chi connectivity index (χ3n) is 3.94. The molecule has 0 saturated carbocycles. The molecule has 100 valence electrons. The van der Waals surface area contributed by atoms with Crippen molar-refractivity contribution >= 4 is 16.8 Å². The molecule has 2 aromatic rings. The third kappa shape index (κ3) is 1.97. The highest BCUT2D eigenvalue weighted by atomic mass is 16.5. The van der Waals surface area contributed by atoms with Gasteiger partial charge < -0.3 is 15.0 Å². The molecule has 0 spiro atoms. The maximum absolute atomic E-state index is 11.1. The van der Waals surface area contributed by atoms with Crippen molar-refractivity contribution in [2.45, 2.75) is 25.7 Å². The van der Waals surface area contributed by atoms with E-state index in [4.69, 9.17) is 4.74 Å². The van der Waals surface area contributed by atoms with Crippen LogP contribution >= 0.6 is 0 Å². The van der Waals surface area contributed by atoms with Crippen LogP contribution in [0.15, 0.2) is 18.3 Å². The fourth-order valence-corrected chi connectivity index (χ4v) is 3.02. The van der Waals surface area contributed by atoms with Crippen LogP contribution in [0.1, 0.15) is 30.4 Å². The van der Waals surface area contributed by atoms with Crippen LogP contribution in [0.4, 0.5) is 0 Å². The Morgan fingerprint density at radius 3 is 3.11 bits per heavy atom. The van der Waals surface area contributed by atoms with Crippen LogP contribution in [0, 0.1) is 0 Å². The molecule has 1 heterocycles. The number of hydrogen-bond donors (Lipinski definition) is 2. The van der Waals surface area contributed by atoms with Gasteiger partial charge in [-0.2, -0.15) is 0 Å². The van der Waals surface area contributed by atoms with E-state index in [0.717, 1.165) is 24.1 Å². The Balaban J connectivity index is 2.03. The van der Waals surface area contributed by atoms with Gasteiger partial charge in [-0.05, 0) is 30.5 Å². The smallest absolute Gasteiger partial charge is 0.216 e. The predicted octanol–water partition coefficient (Wildman–Crippen LogP) is 2.34. The molecule has 1 amide bonds. The molecule has 2 N–H and O–H groups in total. The first-order chi connectivity index (χ1) is 9.20. The zero-order chi connectivity index (χ0) is 13.4. The summed E-state index contributed by atoms with van der Waals surface area (Å²) in [5.74, 6) is 1.38. The first-order valence-corrected chi connectivity index (χ1v) is 6.62. The van der Waals surface area contributed by atoms with Crippen LogP contribution in [-0.4, -0.2) is 24.5 Å². The molecule has 4 heteroatoms. The van der Waals surface area contributed by atoms with E-state index in [1.807, 2.05) is 6.07 Å². The van der Waals surface area contributed by atoms with Gasteiger partial charge >= 0.3 is 0 Å². The fraction of sp³-hybridized carbons (Fsp3) is 0.400. The van der Waals surface area contributed by atoms with Gasteiger partial charge in [-0.25, -0.2) is 0 Å². The van der Waals surface area contributed by atoms with E-state index in [9.17, 15) is 4.79 Å². The summed E-state index contributed by atoms with van der Waals surface area (Å²) in [4.78, 5) is 14.4. The Morgan fingerprint density at radius 1 is 1.53 bits per heavy atom. The van der Waals surface area contributed by atoms with E-state index in [1.54, 1.807) is 14.0 Å². The number of methoxy groups -OCH3 is 1. The topological polar surface area (TPSA) is 54.1 Å². The van der Waals surface area contributed by atoms with Gasteiger partial charge in [-0.15, -0.1) is 0 Å². The van der Waals surface area contributed by atoms with Gasteiger partial charge in [-0.1, -0.05) is 0 Å². The number of benzene rings is 1. The zero-order valence-electron chi connectivity index (χ0n) is 11.2. The molecule has 1 aromatic heterocycles. The first-order valence-electron chi connectivity index (χ1n) is 6.62. The summed E-state index contributed by atoms with van der Waals surface area (Å²) < 4.78 is 5.45. The van der Waals surface area contributed by atoms with Crippen molar-refractivity contribution in [1.29, 1.82) is 0 Å². The molecule has 1 aliphatic rings. The fourth-order valence-electron chi connectivity index (χ4n) is 3.02. The molecule has 19 heavy (non-hydrogen) atoms. The van der Waals surface area contributed by atoms with E-state index in [0.29, 0.717) is 12.5 Å². The van der Waals surface area contributed by atoms with Crippen LogP contribution in [-0.2, 0) is 11.2 Å². The van der Waals surface area contributed by atoms with Crippen molar-refractivity contribution in [2.24, 2.45) is 0 Å². The molecule has 0 radical (unpaired) electrons. The number of aryl methyl sites for hydroxylation is 1. The normalized spacial score (nSPS) is 17.5. The zero-order valence-corrected chi connectivity index (χ0v) is 11.2. The SMILES string of the molecule is COc1ccc2[nH]cc3c2c1CCC3CNC(C)=O. The minimum Gasteiger partial charge on any atom is -0.496 e. The highest BCUT2D eigenvalue weighted by molar-refractivity contribution is 5.90. The lowest BCUT2D eigenvalue weighted by Crippen LogP contribution is -2.27. The Kier molecular flexibility index (Phi) is 2.93. The lowest BCUT2D eigenvalue weighted by molar-refractivity contribution is -0.119. The second kappa shape index (κ2) is 4.61. The maximum Gasteiger partial charge on any atom is 0.216 e. The molecule has 1 aromatic carbocycles. The number of amides is 1. The van der Waals surface area contributed by atoms with E-state index >= 15 is 0 Å². The second-order valence-electron chi connectivity index (χ2n) is 5.09. The maximum atomic E-state index is 11.1. The highest BCUT2D eigenvalue weighted by Gasteiger charge is 2.25. The lowest BCUT2D eigenvalue weighted by atomic mass is 9.84. The number of hydrogen-bond acceptors (Lipinski definition) is 2. The van der Waals surface area contributed by atoms with E-state index < -0.39 is 0 Å². The van der Waals surface area contributed by atoms with Gasteiger partial charge in [0.15, 0.2) is 0 Å². The minimum atomic E-state index is 0.0308. The van der Waals surface area contributed by atoms with Crippen LogP contribution in [0.5, 0.6) is 5.75 Å². The molecular formula is C15H18N2O2. The molecule has 1 unspecified atom stereocenters. The van der Waals surface area contributed by atoms with Crippen molar-refractivity contribution in [3.05, 3.63) is 29.5 Å². The van der Waals surface area contributed by atoms with Crippen LogP contribution in [0.3, 0.4) is 0 Å². The van der Waals surface area contributed by atoms with Crippen LogP contribution in [0.2, 0.25) is 0 Å². The molecule has 1 atom stereocenters. The molecule has 3 rings (SSSR count). The van der Waals surface area contributed by atoms with Crippen molar-refractivity contribution in [3.63, 3.8) is 0 Å². The third-order valence-corrected chi connectivity index (χ3v) is 3.94. The Bertz CT molecular complexity index is 630. The lowest BCUT2D eigenvalue weighted by Gasteiger charge is -2.24. The number of nitrogens with one attached hydrogen (secondary N) is 2. The predicted molar refractivity (Wildman–Crippen MR) is 74.6 cm³/mol. The number of rotatable bonds is 3. The van der Waals surface area contributed by atoms with Gasteiger partial charge in [0.2, 0.25) is 5.91 Å². The van der Waals surface area contributed by atoms with Crippen LogP contribution in [0.25, 0.3) is 10.9 Å².